The highest BCUT2D eigenvalue weighted by Crippen LogP contribution is 2.14. The third-order valence-electron chi connectivity index (χ3n) is 1.81. The zero-order valence-corrected chi connectivity index (χ0v) is 8.39. The van der Waals surface area contributed by atoms with Crippen LogP contribution in [0.2, 0.25) is 0 Å². The molecule has 1 heterocycles. The van der Waals surface area contributed by atoms with Gasteiger partial charge in [-0.2, -0.15) is 0 Å². The molecule has 0 atom stereocenters. The molecule has 76 valence electrons. The number of pyridine rings is 1. The number of nitrogen functional groups attached to an aromatic ring is 1. The molecule has 0 aliphatic carbocycles. The molecule has 0 bridgehead atoms. The Morgan fingerprint density at radius 1 is 1.64 bits per heavy atom. The first-order valence-corrected chi connectivity index (χ1v) is 4.45. The SMILES string of the molecule is CCNC(=N)c1cnc(NC)cc1N. The zero-order valence-electron chi connectivity index (χ0n) is 8.39. The van der Waals surface area contributed by atoms with Gasteiger partial charge in [-0.1, -0.05) is 0 Å². The molecule has 0 spiro atoms. The van der Waals surface area contributed by atoms with Gasteiger partial charge in [-0.3, -0.25) is 5.41 Å². The Morgan fingerprint density at radius 2 is 2.36 bits per heavy atom. The van der Waals surface area contributed by atoms with Gasteiger partial charge in [0.15, 0.2) is 0 Å². The summed E-state index contributed by atoms with van der Waals surface area (Å²) in [7, 11) is 1.77. The maximum absolute atomic E-state index is 7.65. The van der Waals surface area contributed by atoms with E-state index in [4.69, 9.17) is 11.1 Å². The van der Waals surface area contributed by atoms with E-state index < -0.39 is 0 Å². The van der Waals surface area contributed by atoms with Crippen LogP contribution in [-0.2, 0) is 0 Å². The summed E-state index contributed by atoms with van der Waals surface area (Å²) in [6.07, 6.45) is 1.59. The average Bonchev–Trinajstić information content (AvgIpc) is 2.17. The van der Waals surface area contributed by atoms with E-state index in [1.807, 2.05) is 6.92 Å². The number of aromatic nitrogens is 1. The van der Waals surface area contributed by atoms with Crippen molar-refractivity contribution < 1.29 is 0 Å². The van der Waals surface area contributed by atoms with Gasteiger partial charge in [-0.25, -0.2) is 4.98 Å². The van der Waals surface area contributed by atoms with Crippen molar-refractivity contribution in [3.05, 3.63) is 17.8 Å². The van der Waals surface area contributed by atoms with Gasteiger partial charge in [0.05, 0.1) is 5.56 Å². The van der Waals surface area contributed by atoms with Crippen LogP contribution in [0.3, 0.4) is 0 Å². The first kappa shape index (κ1) is 10.3. The predicted molar refractivity (Wildman–Crippen MR) is 58.7 cm³/mol. The van der Waals surface area contributed by atoms with Crippen molar-refractivity contribution >= 4 is 17.3 Å². The van der Waals surface area contributed by atoms with E-state index in [0.717, 1.165) is 0 Å². The largest absolute Gasteiger partial charge is 0.398 e. The Kier molecular flexibility index (Phi) is 3.28. The standard InChI is InChI=1S/C9H15N5/c1-3-13-9(11)6-5-14-8(12-2)4-7(6)10/h4-5H,3H2,1-2H3,(H2,11,13)(H3,10,12,14). The van der Waals surface area contributed by atoms with Gasteiger partial charge >= 0.3 is 0 Å². The minimum atomic E-state index is 0.306. The highest BCUT2D eigenvalue weighted by Gasteiger charge is 2.05. The van der Waals surface area contributed by atoms with Crippen molar-refractivity contribution in [2.45, 2.75) is 6.92 Å². The summed E-state index contributed by atoms with van der Waals surface area (Å²) in [4.78, 5) is 4.09. The lowest BCUT2D eigenvalue weighted by Gasteiger charge is -2.09. The molecule has 1 rings (SSSR count). The van der Waals surface area contributed by atoms with Crippen LogP contribution in [0, 0.1) is 5.41 Å². The third kappa shape index (κ3) is 2.12. The van der Waals surface area contributed by atoms with E-state index >= 15 is 0 Å². The quantitative estimate of drug-likeness (QED) is 0.419. The van der Waals surface area contributed by atoms with Crippen LogP contribution in [-0.4, -0.2) is 24.4 Å². The van der Waals surface area contributed by atoms with Crippen molar-refractivity contribution in [3.8, 4) is 0 Å². The highest BCUT2D eigenvalue weighted by molar-refractivity contribution is 6.00. The minimum Gasteiger partial charge on any atom is -0.398 e. The van der Waals surface area contributed by atoms with Gasteiger partial charge in [-0.15, -0.1) is 0 Å². The van der Waals surface area contributed by atoms with Crippen LogP contribution < -0.4 is 16.4 Å². The molecule has 0 aromatic carbocycles. The smallest absolute Gasteiger partial charge is 0.129 e. The second-order valence-electron chi connectivity index (χ2n) is 2.81. The lowest BCUT2D eigenvalue weighted by Crippen LogP contribution is -2.24. The molecule has 5 nitrogen and oxygen atoms in total. The number of hydrogen-bond acceptors (Lipinski definition) is 4. The fraction of sp³-hybridized carbons (Fsp3) is 0.333. The van der Waals surface area contributed by atoms with Crippen molar-refractivity contribution in [3.63, 3.8) is 0 Å². The molecule has 0 fully saturated rings. The van der Waals surface area contributed by atoms with E-state index in [2.05, 4.69) is 15.6 Å². The number of rotatable bonds is 3. The lowest BCUT2D eigenvalue weighted by molar-refractivity contribution is 0.957. The Hall–Kier alpha value is -1.78. The normalized spacial score (nSPS) is 9.57. The lowest BCUT2D eigenvalue weighted by atomic mass is 10.2. The molecule has 0 amide bonds. The van der Waals surface area contributed by atoms with Crippen LogP contribution in [0.5, 0.6) is 0 Å². The number of anilines is 2. The maximum atomic E-state index is 7.65. The average molecular weight is 193 g/mol. The third-order valence-corrected chi connectivity index (χ3v) is 1.81. The van der Waals surface area contributed by atoms with Gasteiger partial charge in [0.1, 0.15) is 11.7 Å². The number of hydrogen-bond donors (Lipinski definition) is 4. The summed E-state index contributed by atoms with van der Waals surface area (Å²) in [6.45, 7) is 2.63. The van der Waals surface area contributed by atoms with Crippen molar-refractivity contribution in [2.75, 3.05) is 24.6 Å². The fourth-order valence-electron chi connectivity index (χ4n) is 1.09. The zero-order chi connectivity index (χ0) is 10.6. The van der Waals surface area contributed by atoms with Crippen LogP contribution in [0.1, 0.15) is 12.5 Å². The molecule has 14 heavy (non-hydrogen) atoms. The first-order valence-electron chi connectivity index (χ1n) is 4.45. The number of nitrogens with one attached hydrogen (secondary N) is 3. The van der Waals surface area contributed by atoms with Gasteiger partial charge in [0, 0.05) is 31.5 Å². The monoisotopic (exact) mass is 193 g/mol. The molecule has 0 aliphatic rings. The summed E-state index contributed by atoms with van der Waals surface area (Å²) in [5.74, 6) is 1.01. The van der Waals surface area contributed by atoms with E-state index in [1.54, 1.807) is 19.3 Å². The summed E-state index contributed by atoms with van der Waals surface area (Å²) in [5, 5.41) is 13.4. The molecular weight excluding hydrogens is 178 g/mol. The van der Waals surface area contributed by atoms with E-state index in [1.165, 1.54) is 0 Å². The van der Waals surface area contributed by atoms with E-state index in [-0.39, 0.29) is 0 Å². The topological polar surface area (TPSA) is 86.8 Å². The van der Waals surface area contributed by atoms with Crippen molar-refractivity contribution in [1.82, 2.24) is 10.3 Å². The number of nitrogens with zero attached hydrogens (tertiary/aromatic N) is 1. The van der Waals surface area contributed by atoms with Crippen LogP contribution in [0.15, 0.2) is 12.3 Å². The molecule has 1 aromatic heterocycles. The minimum absolute atomic E-state index is 0.306. The summed E-state index contributed by atoms with van der Waals surface area (Å²) < 4.78 is 0. The van der Waals surface area contributed by atoms with Crippen molar-refractivity contribution in [1.29, 1.82) is 5.41 Å². The molecule has 0 saturated heterocycles. The van der Waals surface area contributed by atoms with Crippen LogP contribution in [0.25, 0.3) is 0 Å². The number of amidine groups is 1. The molecule has 0 radical (unpaired) electrons. The van der Waals surface area contributed by atoms with Gasteiger partial charge in [0.2, 0.25) is 0 Å². The van der Waals surface area contributed by atoms with Gasteiger partial charge < -0.3 is 16.4 Å². The molecule has 5 heteroatoms. The Balaban J connectivity index is 2.94. The highest BCUT2D eigenvalue weighted by atomic mass is 15.0. The summed E-state index contributed by atoms with van der Waals surface area (Å²) in [5.41, 5.74) is 6.95. The molecule has 0 aliphatic heterocycles. The molecule has 0 unspecified atom stereocenters. The molecular formula is C9H15N5. The Morgan fingerprint density at radius 3 is 2.86 bits per heavy atom. The molecule has 1 aromatic rings. The number of nitrogens with two attached hydrogens (primary N) is 1. The van der Waals surface area contributed by atoms with E-state index in [9.17, 15) is 0 Å². The fourth-order valence-corrected chi connectivity index (χ4v) is 1.09. The second-order valence-corrected chi connectivity index (χ2v) is 2.81. The van der Waals surface area contributed by atoms with Gasteiger partial charge in [-0.05, 0) is 6.92 Å². The maximum Gasteiger partial charge on any atom is 0.129 e. The van der Waals surface area contributed by atoms with Crippen LogP contribution in [0.4, 0.5) is 11.5 Å². The van der Waals surface area contributed by atoms with Crippen LogP contribution >= 0.6 is 0 Å². The molecule has 5 N–H and O–H groups in total. The molecule has 0 saturated carbocycles. The first-order chi connectivity index (χ1) is 6.69. The Bertz CT molecular complexity index is 334. The summed E-state index contributed by atoms with van der Waals surface area (Å²) in [6, 6.07) is 1.71. The Labute approximate surface area is 83.2 Å². The van der Waals surface area contributed by atoms with Gasteiger partial charge in [0.25, 0.3) is 0 Å². The second kappa shape index (κ2) is 4.45. The van der Waals surface area contributed by atoms with E-state index in [0.29, 0.717) is 29.4 Å². The van der Waals surface area contributed by atoms with Crippen molar-refractivity contribution in [2.24, 2.45) is 0 Å². The predicted octanol–water partition coefficient (Wildman–Crippen LogP) is 0.640. The summed E-state index contributed by atoms with van der Waals surface area (Å²) >= 11 is 0.